The smallest absolute Gasteiger partial charge is 0.243 e. The van der Waals surface area contributed by atoms with Crippen molar-refractivity contribution in [3.63, 3.8) is 0 Å². The van der Waals surface area contributed by atoms with Gasteiger partial charge in [-0.25, -0.2) is 0 Å². The molecule has 3 heterocycles. The Morgan fingerprint density at radius 2 is 2.00 bits per heavy atom. The number of nitrogens with one attached hydrogen (secondary N) is 1. The third kappa shape index (κ3) is 3.93. The summed E-state index contributed by atoms with van der Waals surface area (Å²) in [5, 5.41) is 13.4. The summed E-state index contributed by atoms with van der Waals surface area (Å²) in [6.07, 6.45) is 8.83. The predicted molar refractivity (Wildman–Crippen MR) is 105 cm³/mol. The fourth-order valence-electron chi connectivity index (χ4n) is 5.13. The molecule has 3 saturated heterocycles. The minimum Gasteiger partial charge on any atom is -0.383 e. The summed E-state index contributed by atoms with van der Waals surface area (Å²) >= 11 is 1.94. The molecular weight excluding hydrogens is 362 g/mol. The zero-order valence-electron chi connectivity index (χ0n) is 16.2. The van der Waals surface area contributed by atoms with Gasteiger partial charge >= 0.3 is 0 Å². The number of ether oxygens (including phenoxy) is 1. The van der Waals surface area contributed by atoms with Crippen molar-refractivity contribution in [2.45, 2.75) is 54.9 Å². The van der Waals surface area contributed by atoms with E-state index < -0.39 is 0 Å². The van der Waals surface area contributed by atoms with E-state index in [9.17, 15) is 10.1 Å². The molecule has 0 spiro atoms. The number of carbonyl (C=O) groups is 1. The fourth-order valence-corrected chi connectivity index (χ4v) is 6.88. The van der Waals surface area contributed by atoms with Crippen molar-refractivity contribution in [3.8, 4) is 6.19 Å². The maximum atomic E-state index is 13.2. The van der Waals surface area contributed by atoms with Gasteiger partial charge in [0.2, 0.25) is 5.91 Å². The highest BCUT2D eigenvalue weighted by Crippen LogP contribution is 2.41. The standard InChI is InChI=1S/C19H31N5O2S/c1-26-12-15-17(14-5-3-2-4-6-14)27-19(21-15)24-10-9-23-8-7-22(13-20)11-16(23)18(24)25/h14-17,19,21H,2-12H2,1H3/t15?,16-,17?,19?/m1/s1. The minimum absolute atomic E-state index is 0.0317. The first-order valence-electron chi connectivity index (χ1n) is 10.3. The number of nitriles is 1. The third-order valence-corrected chi connectivity index (χ3v) is 8.29. The average Bonchev–Trinajstić information content (AvgIpc) is 3.13. The van der Waals surface area contributed by atoms with Crippen LogP contribution in [-0.4, -0.2) is 89.9 Å². The molecule has 27 heavy (non-hydrogen) atoms. The van der Waals surface area contributed by atoms with Crippen LogP contribution in [0.15, 0.2) is 0 Å². The SMILES string of the molecule is COCC1NC(N2CCN3CCN(C#N)C[C@@H]3C2=O)SC1C1CCCCC1. The Bertz CT molecular complexity index is 579. The van der Waals surface area contributed by atoms with E-state index in [-0.39, 0.29) is 17.4 Å². The van der Waals surface area contributed by atoms with Gasteiger partial charge in [0.05, 0.1) is 13.2 Å². The summed E-state index contributed by atoms with van der Waals surface area (Å²) in [5.74, 6) is 0.896. The highest BCUT2D eigenvalue weighted by Gasteiger charge is 2.46. The molecule has 0 aromatic carbocycles. The highest BCUT2D eigenvalue weighted by molar-refractivity contribution is 8.00. The largest absolute Gasteiger partial charge is 0.383 e. The number of thioether (sulfide) groups is 1. The molecule has 1 aliphatic carbocycles. The van der Waals surface area contributed by atoms with Gasteiger partial charge in [0.1, 0.15) is 11.5 Å². The van der Waals surface area contributed by atoms with Crippen LogP contribution in [0.4, 0.5) is 0 Å². The molecule has 3 unspecified atom stereocenters. The van der Waals surface area contributed by atoms with Crippen molar-refractivity contribution in [2.75, 3.05) is 46.4 Å². The molecule has 0 bridgehead atoms. The van der Waals surface area contributed by atoms with Crippen LogP contribution < -0.4 is 5.32 Å². The molecule has 1 N–H and O–H groups in total. The Kier molecular flexibility index (Phi) is 6.12. The van der Waals surface area contributed by atoms with Gasteiger partial charge in [-0.05, 0) is 18.8 Å². The zero-order chi connectivity index (χ0) is 18.8. The number of carbonyl (C=O) groups excluding carboxylic acids is 1. The molecule has 0 aromatic heterocycles. The van der Waals surface area contributed by atoms with Gasteiger partial charge in [0.15, 0.2) is 6.19 Å². The van der Waals surface area contributed by atoms with Gasteiger partial charge in [-0.1, -0.05) is 19.3 Å². The molecule has 1 saturated carbocycles. The average molecular weight is 394 g/mol. The topological polar surface area (TPSA) is 71.8 Å². The summed E-state index contributed by atoms with van der Waals surface area (Å²) in [4.78, 5) is 19.2. The van der Waals surface area contributed by atoms with Crippen LogP contribution in [0.1, 0.15) is 32.1 Å². The number of amides is 1. The summed E-state index contributed by atoms with van der Waals surface area (Å²) in [7, 11) is 1.76. The molecule has 4 fully saturated rings. The first-order valence-corrected chi connectivity index (χ1v) is 11.2. The van der Waals surface area contributed by atoms with E-state index in [0.29, 0.717) is 24.4 Å². The van der Waals surface area contributed by atoms with Crippen LogP contribution in [0.2, 0.25) is 0 Å². The van der Waals surface area contributed by atoms with Gasteiger partial charge in [-0.2, -0.15) is 5.26 Å². The number of hydrogen-bond acceptors (Lipinski definition) is 7. The Balaban J connectivity index is 1.44. The first kappa shape index (κ1) is 19.3. The van der Waals surface area contributed by atoms with Gasteiger partial charge in [0, 0.05) is 44.6 Å². The molecule has 0 radical (unpaired) electrons. The molecule has 4 atom stereocenters. The molecule has 8 heteroatoms. The molecule has 150 valence electrons. The Morgan fingerprint density at radius 1 is 1.22 bits per heavy atom. The summed E-state index contributed by atoms with van der Waals surface area (Å²) in [5.41, 5.74) is 0.0317. The fraction of sp³-hybridized carbons (Fsp3) is 0.895. The third-order valence-electron chi connectivity index (χ3n) is 6.61. The lowest BCUT2D eigenvalue weighted by atomic mass is 9.84. The van der Waals surface area contributed by atoms with E-state index >= 15 is 0 Å². The van der Waals surface area contributed by atoms with Crippen molar-refractivity contribution in [2.24, 2.45) is 5.92 Å². The molecule has 1 amide bonds. The van der Waals surface area contributed by atoms with Crippen LogP contribution in [0.25, 0.3) is 0 Å². The normalized spacial score (nSPS) is 35.9. The van der Waals surface area contributed by atoms with E-state index in [4.69, 9.17) is 4.74 Å². The monoisotopic (exact) mass is 393 g/mol. The van der Waals surface area contributed by atoms with E-state index in [1.54, 1.807) is 12.0 Å². The number of nitrogens with zero attached hydrogens (tertiary/aromatic N) is 4. The van der Waals surface area contributed by atoms with Crippen LogP contribution in [0, 0.1) is 17.4 Å². The number of fused-ring (bicyclic) bond motifs is 1. The summed E-state index contributed by atoms with van der Waals surface area (Å²) in [6, 6.07) is 0.130. The van der Waals surface area contributed by atoms with Crippen LogP contribution in [0.5, 0.6) is 0 Å². The van der Waals surface area contributed by atoms with Crippen molar-refractivity contribution in [1.82, 2.24) is 20.0 Å². The molecule has 4 rings (SSSR count). The van der Waals surface area contributed by atoms with Crippen molar-refractivity contribution in [1.29, 1.82) is 5.26 Å². The van der Waals surface area contributed by atoms with Crippen LogP contribution in [0.3, 0.4) is 0 Å². The number of methoxy groups -OCH3 is 1. The van der Waals surface area contributed by atoms with Gasteiger partial charge < -0.3 is 14.5 Å². The molecule has 7 nitrogen and oxygen atoms in total. The lowest BCUT2D eigenvalue weighted by Crippen LogP contribution is -2.66. The van der Waals surface area contributed by atoms with Crippen molar-refractivity contribution < 1.29 is 9.53 Å². The van der Waals surface area contributed by atoms with Crippen molar-refractivity contribution >= 4 is 17.7 Å². The number of rotatable bonds is 4. The molecule has 0 aromatic rings. The Hall–Kier alpha value is -1.01. The molecule has 4 aliphatic rings. The summed E-state index contributed by atoms with van der Waals surface area (Å²) < 4.78 is 5.49. The van der Waals surface area contributed by atoms with Crippen LogP contribution >= 0.6 is 11.8 Å². The highest BCUT2D eigenvalue weighted by atomic mass is 32.2. The lowest BCUT2D eigenvalue weighted by molar-refractivity contribution is -0.145. The molecule has 3 aliphatic heterocycles. The van der Waals surface area contributed by atoms with Crippen LogP contribution in [-0.2, 0) is 9.53 Å². The second-order valence-corrected chi connectivity index (χ2v) is 9.47. The maximum Gasteiger partial charge on any atom is 0.243 e. The van der Waals surface area contributed by atoms with E-state index in [1.165, 1.54) is 32.1 Å². The summed E-state index contributed by atoms with van der Waals surface area (Å²) in [6.45, 7) is 4.43. The minimum atomic E-state index is -0.177. The van der Waals surface area contributed by atoms with Gasteiger partial charge in [0.25, 0.3) is 0 Å². The second-order valence-electron chi connectivity index (χ2n) is 8.21. The van der Waals surface area contributed by atoms with E-state index in [1.807, 2.05) is 16.7 Å². The number of piperazine rings is 2. The Labute approximate surface area is 166 Å². The van der Waals surface area contributed by atoms with E-state index in [2.05, 4.69) is 16.4 Å². The Morgan fingerprint density at radius 3 is 2.74 bits per heavy atom. The maximum absolute atomic E-state index is 13.2. The van der Waals surface area contributed by atoms with E-state index in [0.717, 1.165) is 32.1 Å². The number of hydrogen-bond donors (Lipinski definition) is 1. The lowest BCUT2D eigenvalue weighted by Gasteiger charge is -2.46. The molecular formula is C19H31N5O2S. The predicted octanol–water partition coefficient (Wildman–Crippen LogP) is 0.880. The second kappa shape index (κ2) is 8.56. The van der Waals surface area contributed by atoms with Crippen molar-refractivity contribution in [3.05, 3.63) is 0 Å². The van der Waals surface area contributed by atoms with Gasteiger partial charge in [-0.15, -0.1) is 11.8 Å². The zero-order valence-corrected chi connectivity index (χ0v) is 17.0. The quantitative estimate of drug-likeness (QED) is 0.711. The first-order chi connectivity index (χ1) is 13.2. The van der Waals surface area contributed by atoms with Gasteiger partial charge in [-0.3, -0.25) is 15.0 Å².